The van der Waals surface area contributed by atoms with E-state index in [1.54, 1.807) is 0 Å². The van der Waals surface area contributed by atoms with Crippen molar-refractivity contribution < 1.29 is 0 Å². The molecule has 0 atom stereocenters. The molecule has 94 valence electrons. The van der Waals surface area contributed by atoms with E-state index in [4.69, 9.17) is 0 Å². The first-order valence-corrected chi connectivity index (χ1v) is 6.71. The van der Waals surface area contributed by atoms with Gasteiger partial charge in [0, 0.05) is 0 Å². The molecule has 0 bridgehead atoms. The van der Waals surface area contributed by atoms with Gasteiger partial charge in [-0.1, -0.05) is 76.2 Å². The second-order valence-electron chi connectivity index (χ2n) is 5.84. The van der Waals surface area contributed by atoms with Gasteiger partial charge in [-0.2, -0.15) is 0 Å². The predicted octanol–water partition coefficient (Wildman–Crippen LogP) is 5.21. The Hall–Kier alpha value is -1.56. The molecular formula is C18H22. The molecule has 0 radical (unpaired) electrons. The normalized spacial score (nSPS) is 11.6. The van der Waals surface area contributed by atoms with Gasteiger partial charge in [0.2, 0.25) is 0 Å². The molecule has 0 spiro atoms. The number of rotatable bonds is 2. The van der Waals surface area contributed by atoms with Gasteiger partial charge in [0.25, 0.3) is 0 Å². The van der Waals surface area contributed by atoms with Crippen LogP contribution in [0, 0.1) is 0 Å². The van der Waals surface area contributed by atoms with Crippen molar-refractivity contribution >= 4 is 0 Å². The average molecular weight is 238 g/mol. The van der Waals surface area contributed by atoms with Crippen LogP contribution >= 0.6 is 0 Å². The van der Waals surface area contributed by atoms with Crippen LogP contribution in [-0.4, -0.2) is 0 Å². The lowest BCUT2D eigenvalue weighted by atomic mass is 9.84. The summed E-state index contributed by atoms with van der Waals surface area (Å²) in [5.41, 5.74) is 5.73. The molecule has 0 saturated heterocycles. The molecule has 2 rings (SSSR count). The summed E-state index contributed by atoms with van der Waals surface area (Å²) in [6.45, 7) is 9.02. The van der Waals surface area contributed by atoms with Crippen LogP contribution in [0.5, 0.6) is 0 Å². The van der Waals surface area contributed by atoms with Crippen LogP contribution < -0.4 is 0 Å². The number of benzene rings is 2. The molecule has 0 fully saturated rings. The van der Waals surface area contributed by atoms with Crippen molar-refractivity contribution in [1.29, 1.82) is 0 Å². The molecule has 0 saturated carbocycles. The fraction of sp³-hybridized carbons (Fsp3) is 0.333. The van der Waals surface area contributed by atoms with E-state index in [0.29, 0.717) is 0 Å². The summed E-state index contributed by atoms with van der Waals surface area (Å²) >= 11 is 0. The van der Waals surface area contributed by atoms with E-state index in [-0.39, 0.29) is 5.41 Å². The van der Waals surface area contributed by atoms with Crippen LogP contribution in [0.2, 0.25) is 0 Å². The van der Waals surface area contributed by atoms with E-state index in [1.807, 2.05) is 0 Å². The third-order valence-electron chi connectivity index (χ3n) is 3.44. The molecule has 0 aliphatic heterocycles. The highest BCUT2D eigenvalue weighted by Crippen LogP contribution is 2.30. The second kappa shape index (κ2) is 4.97. The second-order valence-corrected chi connectivity index (χ2v) is 5.84. The van der Waals surface area contributed by atoms with Gasteiger partial charge in [-0.15, -0.1) is 0 Å². The Bertz CT molecular complexity index is 515. The highest BCUT2D eigenvalue weighted by Gasteiger charge is 2.15. The minimum Gasteiger partial charge on any atom is -0.0622 e. The lowest BCUT2D eigenvalue weighted by Gasteiger charge is -2.21. The first-order valence-electron chi connectivity index (χ1n) is 6.71. The van der Waals surface area contributed by atoms with E-state index in [0.717, 1.165) is 6.42 Å². The Kier molecular flexibility index (Phi) is 3.56. The Morgan fingerprint density at radius 3 is 2.11 bits per heavy atom. The van der Waals surface area contributed by atoms with Crippen molar-refractivity contribution in [2.24, 2.45) is 0 Å². The van der Waals surface area contributed by atoms with Crippen molar-refractivity contribution in [2.45, 2.75) is 39.5 Å². The van der Waals surface area contributed by atoms with Crippen molar-refractivity contribution in [1.82, 2.24) is 0 Å². The zero-order chi connectivity index (χ0) is 13.2. The van der Waals surface area contributed by atoms with Crippen molar-refractivity contribution in [3.8, 4) is 11.1 Å². The Labute approximate surface area is 111 Å². The number of aryl methyl sites for hydroxylation is 1. The smallest absolute Gasteiger partial charge is 0.0132 e. The first-order chi connectivity index (χ1) is 8.52. The van der Waals surface area contributed by atoms with Gasteiger partial charge in [0.1, 0.15) is 0 Å². The Morgan fingerprint density at radius 1 is 0.889 bits per heavy atom. The van der Waals surface area contributed by atoms with Gasteiger partial charge in [-0.05, 0) is 34.1 Å². The third-order valence-corrected chi connectivity index (χ3v) is 3.44. The fourth-order valence-corrected chi connectivity index (χ4v) is 2.24. The molecule has 0 aromatic heterocycles. The van der Waals surface area contributed by atoms with Gasteiger partial charge >= 0.3 is 0 Å². The summed E-state index contributed by atoms with van der Waals surface area (Å²) in [5.74, 6) is 0. The van der Waals surface area contributed by atoms with Crippen LogP contribution in [0.4, 0.5) is 0 Å². The lowest BCUT2D eigenvalue weighted by molar-refractivity contribution is 0.590. The molecule has 0 heterocycles. The highest BCUT2D eigenvalue weighted by atomic mass is 14.2. The minimum absolute atomic E-state index is 0.204. The maximum absolute atomic E-state index is 2.36. The van der Waals surface area contributed by atoms with Gasteiger partial charge in [0.05, 0.1) is 0 Å². The van der Waals surface area contributed by atoms with Crippen LogP contribution in [0.1, 0.15) is 38.8 Å². The van der Waals surface area contributed by atoms with Crippen LogP contribution in [0.3, 0.4) is 0 Å². The zero-order valence-corrected chi connectivity index (χ0v) is 11.8. The molecular weight excluding hydrogens is 216 g/mol. The largest absolute Gasteiger partial charge is 0.0622 e. The summed E-state index contributed by atoms with van der Waals surface area (Å²) in [6.07, 6.45) is 1.08. The molecule has 2 aromatic rings. The maximum atomic E-state index is 2.36. The first kappa shape index (κ1) is 12.9. The molecule has 0 amide bonds. The average Bonchev–Trinajstić information content (AvgIpc) is 2.38. The fourth-order valence-electron chi connectivity index (χ4n) is 2.24. The lowest BCUT2D eigenvalue weighted by Crippen LogP contribution is -2.11. The van der Waals surface area contributed by atoms with Gasteiger partial charge in [-0.25, -0.2) is 0 Å². The predicted molar refractivity (Wildman–Crippen MR) is 80.0 cm³/mol. The van der Waals surface area contributed by atoms with Crippen molar-refractivity contribution in [2.75, 3.05) is 0 Å². The topological polar surface area (TPSA) is 0 Å². The Balaban J connectivity index is 2.57. The standard InChI is InChI=1S/C18H22/c1-5-14-11-12-16(18(2,3)4)13-17(14)15-9-7-6-8-10-15/h6-13H,5H2,1-4H3. The zero-order valence-electron chi connectivity index (χ0n) is 11.8. The quantitative estimate of drug-likeness (QED) is 0.673. The third kappa shape index (κ3) is 2.64. The van der Waals surface area contributed by atoms with Crippen LogP contribution in [0.15, 0.2) is 48.5 Å². The van der Waals surface area contributed by atoms with E-state index < -0.39 is 0 Å². The van der Waals surface area contributed by atoms with Crippen molar-refractivity contribution in [3.05, 3.63) is 59.7 Å². The summed E-state index contributed by atoms with van der Waals surface area (Å²) in [7, 11) is 0. The number of hydrogen-bond donors (Lipinski definition) is 0. The summed E-state index contributed by atoms with van der Waals surface area (Å²) < 4.78 is 0. The van der Waals surface area contributed by atoms with E-state index >= 15 is 0 Å². The molecule has 0 N–H and O–H groups in total. The molecule has 2 aromatic carbocycles. The minimum atomic E-state index is 0.204. The van der Waals surface area contributed by atoms with E-state index in [9.17, 15) is 0 Å². The molecule has 0 nitrogen and oxygen atoms in total. The maximum Gasteiger partial charge on any atom is -0.0132 e. The molecule has 18 heavy (non-hydrogen) atoms. The van der Waals surface area contributed by atoms with Crippen molar-refractivity contribution in [3.63, 3.8) is 0 Å². The Morgan fingerprint density at radius 2 is 1.56 bits per heavy atom. The summed E-state index contributed by atoms with van der Waals surface area (Å²) in [4.78, 5) is 0. The molecule has 0 unspecified atom stereocenters. The molecule has 0 heteroatoms. The van der Waals surface area contributed by atoms with E-state index in [2.05, 4.69) is 76.2 Å². The van der Waals surface area contributed by atoms with Crippen LogP contribution in [-0.2, 0) is 11.8 Å². The summed E-state index contributed by atoms with van der Waals surface area (Å²) in [6, 6.07) is 17.6. The van der Waals surface area contributed by atoms with Gasteiger partial charge in [0.15, 0.2) is 0 Å². The summed E-state index contributed by atoms with van der Waals surface area (Å²) in [5, 5.41) is 0. The number of hydrogen-bond acceptors (Lipinski definition) is 0. The monoisotopic (exact) mass is 238 g/mol. The van der Waals surface area contributed by atoms with Crippen LogP contribution in [0.25, 0.3) is 11.1 Å². The molecule has 0 aliphatic carbocycles. The molecule has 0 aliphatic rings. The van der Waals surface area contributed by atoms with Gasteiger partial charge < -0.3 is 0 Å². The van der Waals surface area contributed by atoms with E-state index in [1.165, 1.54) is 22.3 Å². The SMILES string of the molecule is CCc1ccc(C(C)(C)C)cc1-c1ccccc1. The van der Waals surface area contributed by atoms with Gasteiger partial charge in [-0.3, -0.25) is 0 Å². The highest BCUT2D eigenvalue weighted by molar-refractivity contribution is 5.68.